The lowest BCUT2D eigenvalue weighted by molar-refractivity contribution is -0.135. The van der Waals surface area contributed by atoms with E-state index in [0.29, 0.717) is 28.1 Å². The predicted molar refractivity (Wildman–Crippen MR) is 127 cm³/mol. The Balaban J connectivity index is 1.84. The number of nitrogens with one attached hydrogen (secondary N) is 3. The molecule has 1 heterocycles. The molecule has 1 aromatic carbocycles. The van der Waals surface area contributed by atoms with Crippen LogP contribution in [0.4, 0.5) is 10.1 Å². The Bertz CT molecular complexity index is 1100. The van der Waals surface area contributed by atoms with E-state index in [-0.39, 0.29) is 23.3 Å². The number of likely N-dealkylation sites (N-methyl/N-ethyl adjacent to an activating group) is 1. The number of aliphatic hydroxyl groups excluding tert-OH is 1. The molecule has 1 aliphatic carbocycles. The molecule has 0 spiro atoms. The van der Waals surface area contributed by atoms with E-state index in [1.165, 1.54) is 25.2 Å². The third-order valence-corrected chi connectivity index (χ3v) is 6.83. The Labute approximate surface area is 198 Å². The number of hydrogen-bond acceptors (Lipinski definition) is 4. The molecule has 1 saturated carbocycles. The first kappa shape index (κ1) is 25.4. The summed E-state index contributed by atoms with van der Waals surface area (Å²) in [5.41, 5.74) is 2.46. The SMILES string of the molecule is CNC(=O)[C@@H](NC(=O)C(O)c1c(C)c(C(=O)Nc2ccc(F)c(C)c2)c(C)n1C)C1CCCC1. The molecule has 1 fully saturated rings. The minimum atomic E-state index is -1.56. The summed E-state index contributed by atoms with van der Waals surface area (Å²) in [4.78, 5) is 38.4. The predicted octanol–water partition coefficient (Wildman–Crippen LogP) is 2.80. The third-order valence-electron chi connectivity index (χ3n) is 6.83. The zero-order valence-electron chi connectivity index (χ0n) is 20.3. The maximum atomic E-state index is 13.6. The van der Waals surface area contributed by atoms with Crippen LogP contribution in [0, 0.1) is 32.5 Å². The fraction of sp³-hybridized carbons (Fsp3) is 0.480. The van der Waals surface area contributed by atoms with Crippen LogP contribution in [0.15, 0.2) is 18.2 Å². The van der Waals surface area contributed by atoms with Crippen molar-refractivity contribution in [3.05, 3.63) is 52.1 Å². The molecule has 184 valence electrons. The molecule has 2 aromatic rings. The van der Waals surface area contributed by atoms with Gasteiger partial charge in [-0.2, -0.15) is 0 Å². The number of benzene rings is 1. The molecule has 1 unspecified atom stereocenters. The van der Waals surface area contributed by atoms with E-state index < -0.39 is 24.0 Å². The van der Waals surface area contributed by atoms with Gasteiger partial charge in [0, 0.05) is 25.5 Å². The first-order chi connectivity index (χ1) is 16.1. The summed E-state index contributed by atoms with van der Waals surface area (Å²) >= 11 is 0. The first-order valence-electron chi connectivity index (χ1n) is 11.5. The minimum Gasteiger partial charge on any atom is -0.377 e. The molecular weight excluding hydrogens is 439 g/mol. The molecule has 0 aliphatic heterocycles. The Morgan fingerprint density at radius 2 is 1.76 bits per heavy atom. The van der Waals surface area contributed by atoms with Gasteiger partial charge >= 0.3 is 0 Å². The Morgan fingerprint density at radius 1 is 1.12 bits per heavy atom. The van der Waals surface area contributed by atoms with Crippen LogP contribution in [0.2, 0.25) is 0 Å². The highest BCUT2D eigenvalue weighted by Crippen LogP contribution is 2.30. The molecule has 9 heteroatoms. The summed E-state index contributed by atoms with van der Waals surface area (Å²) < 4.78 is 15.2. The number of amides is 3. The maximum absolute atomic E-state index is 13.6. The van der Waals surface area contributed by atoms with E-state index >= 15 is 0 Å². The fourth-order valence-electron chi connectivity index (χ4n) is 4.84. The van der Waals surface area contributed by atoms with Crippen LogP contribution >= 0.6 is 0 Å². The summed E-state index contributed by atoms with van der Waals surface area (Å²) in [6.45, 7) is 4.99. The normalized spacial score (nSPS) is 15.6. The van der Waals surface area contributed by atoms with E-state index in [4.69, 9.17) is 0 Å². The second-order valence-electron chi connectivity index (χ2n) is 9.00. The lowest BCUT2D eigenvalue weighted by Crippen LogP contribution is -2.51. The molecule has 3 amide bonds. The van der Waals surface area contributed by atoms with Crippen LogP contribution in [-0.2, 0) is 16.6 Å². The van der Waals surface area contributed by atoms with Crippen molar-refractivity contribution in [2.75, 3.05) is 12.4 Å². The molecule has 0 saturated heterocycles. The highest BCUT2D eigenvalue weighted by Gasteiger charge is 2.35. The zero-order chi connectivity index (χ0) is 25.2. The van der Waals surface area contributed by atoms with Crippen molar-refractivity contribution in [1.82, 2.24) is 15.2 Å². The van der Waals surface area contributed by atoms with Gasteiger partial charge in [0.15, 0.2) is 6.10 Å². The second-order valence-corrected chi connectivity index (χ2v) is 9.00. The van der Waals surface area contributed by atoms with Gasteiger partial charge in [0.05, 0.1) is 11.3 Å². The van der Waals surface area contributed by atoms with Gasteiger partial charge in [0.1, 0.15) is 11.9 Å². The minimum absolute atomic E-state index is 0.0212. The molecule has 34 heavy (non-hydrogen) atoms. The molecule has 1 aliphatic rings. The first-order valence-corrected chi connectivity index (χ1v) is 11.5. The van der Waals surface area contributed by atoms with Crippen LogP contribution in [-0.4, -0.2) is 40.5 Å². The van der Waals surface area contributed by atoms with Crippen LogP contribution in [0.1, 0.15) is 64.7 Å². The second kappa shape index (κ2) is 10.4. The molecule has 8 nitrogen and oxygen atoms in total. The maximum Gasteiger partial charge on any atom is 0.257 e. The summed E-state index contributed by atoms with van der Waals surface area (Å²) in [6, 6.07) is 3.56. The van der Waals surface area contributed by atoms with Crippen molar-refractivity contribution in [1.29, 1.82) is 0 Å². The van der Waals surface area contributed by atoms with Gasteiger partial charge in [-0.25, -0.2) is 4.39 Å². The van der Waals surface area contributed by atoms with E-state index in [1.54, 1.807) is 32.4 Å². The topological polar surface area (TPSA) is 112 Å². The van der Waals surface area contributed by atoms with E-state index in [9.17, 15) is 23.9 Å². The number of carbonyl (C=O) groups excluding carboxylic acids is 3. The van der Waals surface area contributed by atoms with Gasteiger partial charge in [0.2, 0.25) is 5.91 Å². The van der Waals surface area contributed by atoms with Gasteiger partial charge in [0.25, 0.3) is 11.8 Å². The van der Waals surface area contributed by atoms with Crippen molar-refractivity contribution in [2.24, 2.45) is 13.0 Å². The van der Waals surface area contributed by atoms with Crippen molar-refractivity contribution in [2.45, 2.75) is 58.6 Å². The summed E-state index contributed by atoms with van der Waals surface area (Å²) in [5, 5.41) is 19.0. The summed E-state index contributed by atoms with van der Waals surface area (Å²) in [7, 11) is 3.19. The number of anilines is 1. The average Bonchev–Trinajstić information content (AvgIpc) is 3.40. The van der Waals surface area contributed by atoms with Crippen molar-refractivity contribution in [3.8, 4) is 0 Å². The van der Waals surface area contributed by atoms with Crippen molar-refractivity contribution < 1.29 is 23.9 Å². The Morgan fingerprint density at radius 3 is 2.35 bits per heavy atom. The van der Waals surface area contributed by atoms with Gasteiger partial charge in [-0.15, -0.1) is 0 Å². The number of aliphatic hydroxyl groups is 1. The number of aryl methyl sites for hydroxylation is 1. The number of hydrogen-bond donors (Lipinski definition) is 4. The average molecular weight is 473 g/mol. The largest absolute Gasteiger partial charge is 0.377 e. The monoisotopic (exact) mass is 472 g/mol. The standard InChI is InChI=1S/C25H33FN4O4/c1-13-12-17(10-11-18(13)26)28-23(32)19-14(2)21(30(5)15(19)3)22(31)25(34)29-20(24(33)27-4)16-8-6-7-9-16/h10-12,16,20,22,31H,6-9H2,1-5H3,(H,27,33)(H,28,32)(H,29,34)/t20-,22?/m0/s1. The third kappa shape index (κ3) is 4.99. The quantitative estimate of drug-likeness (QED) is 0.496. The number of nitrogens with zero attached hydrogens (tertiary/aromatic N) is 1. The summed E-state index contributed by atoms with van der Waals surface area (Å²) in [6.07, 6.45) is 2.11. The lowest BCUT2D eigenvalue weighted by atomic mass is 9.96. The Hall–Kier alpha value is -3.20. The van der Waals surface area contributed by atoms with Crippen LogP contribution in [0.25, 0.3) is 0 Å². The lowest BCUT2D eigenvalue weighted by Gasteiger charge is -2.25. The van der Waals surface area contributed by atoms with Crippen LogP contribution in [0.3, 0.4) is 0 Å². The van der Waals surface area contributed by atoms with Gasteiger partial charge in [-0.3, -0.25) is 14.4 Å². The number of halogens is 1. The molecule has 1 aromatic heterocycles. The Kier molecular flexibility index (Phi) is 7.76. The van der Waals surface area contributed by atoms with Crippen LogP contribution < -0.4 is 16.0 Å². The van der Waals surface area contributed by atoms with Gasteiger partial charge in [-0.1, -0.05) is 12.8 Å². The number of carbonyl (C=O) groups is 3. The molecule has 4 N–H and O–H groups in total. The molecule has 0 bridgehead atoms. The fourth-order valence-corrected chi connectivity index (χ4v) is 4.84. The molecular formula is C25H33FN4O4. The van der Waals surface area contributed by atoms with Crippen molar-refractivity contribution >= 4 is 23.4 Å². The smallest absolute Gasteiger partial charge is 0.257 e. The van der Waals surface area contributed by atoms with Gasteiger partial charge in [-0.05, 0) is 68.9 Å². The zero-order valence-corrected chi connectivity index (χ0v) is 20.3. The molecule has 2 atom stereocenters. The van der Waals surface area contributed by atoms with Crippen molar-refractivity contribution in [3.63, 3.8) is 0 Å². The van der Waals surface area contributed by atoms with E-state index in [2.05, 4.69) is 16.0 Å². The highest BCUT2D eigenvalue weighted by atomic mass is 19.1. The van der Waals surface area contributed by atoms with E-state index in [1.807, 2.05) is 0 Å². The van der Waals surface area contributed by atoms with Crippen LogP contribution in [0.5, 0.6) is 0 Å². The summed E-state index contributed by atoms with van der Waals surface area (Å²) in [5.74, 6) is -1.75. The van der Waals surface area contributed by atoms with Gasteiger partial charge < -0.3 is 25.6 Å². The molecule has 3 rings (SSSR count). The number of aromatic nitrogens is 1. The van der Waals surface area contributed by atoms with E-state index in [0.717, 1.165) is 25.7 Å². The molecule has 0 radical (unpaired) electrons. The number of rotatable bonds is 7. The highest BCUT2D eigenvalue weighted by molar-refractivity contribution is 6.06.